The number of benzene rings is 2. The van der Waals surface area contributed by atoms with Gasteiger partial charge in [-0.15, -0.1) is 0 Å². The van der Waals surface area contributed by atoms with Crippen molar-refractivity contribution in [2.45, 2.75) is 129 Å². The first-order valence-electron chi connectivity index (χ1n) is 18.8. The number of allylic oxidation sites excluding steroid dienone is 4. The lowest BCUT2D eigenvalue weighted by atomic mass is 9.82. The molecule has 0 aliphatic heterocycles. The van der Waals surface area contributed by atoms with Crippen LogP contribution in [0.15, 0.2) is 70.8 Å². The van der Waals surface area contributed by atoms with E-state index in [1.165, 1.54) is 0 Å². The monoisotopic (exact) mass is 684 g/mol. The van der Waals surface area contributed by atoms with E-state index in [9.17, 15) is 24.1 Å². The van der Waals surface area contributed by atoms with Crippen LogP contribution in [0.2, 0.25) is 0 Å². The van der Waals surface area contributed by atoms with Gasteiger partial charge in [0.25, 0.3) is 0 Å². The summed E-state index contributed by atoms with van der Waals surface area (Å²) < 4.78 is 0. The molecule has 0 radical (unpaired) electrons. The molecule has 4 rings (SSSR count). The Labute approximate surface area is 297 Å². The number of carbonyl (C=O) groups excluding carboxylic acids is 4. The number of nitrogens with zero attached hydrogens (tertiary/aromatic N) is 1. The average Bonchev–Trinajstić information content (AvgIpc) is 3.13. The highest BCUT2D eigenvalue weighted by molar-refractivity contribution is 6.27. The third-order valence-electron chi connectivity index (χ3n) is 10.0. The molecule has 2 aliphatic carbocycles. The number of hydrogen-bond acceptors (Lipinski definition) is 7. The molecule has 0 saturated heterocycles. The molecule has 0 bridgehead atoms. The standard InChI is InChI=1S/C42H54NO7/c1-31-33(41(46)37-27-19-17-25-35(37)39(31)44)23-15-11-7-3-5-9-13-21-29-49-43(48)50-30-22-14-10-6-4-8-12-16-24-34-32(2)40(45)36-26-18-20-28-38(36)42(34)47/h17-20,25-28H,3-16,21-24,29-30H2,1-2H3/q+1. The number of Topliss-reactive ketones (excluding diaryl/α,β-unsaturated/α-hetero) is 4. The van der Waals surface area contributed by atoms with E-state index in [0.29, 0.717) is 70.6 Å². The molecule has 0 spiro atoms. The van der Waals surface area contributed by atoms with Crippen molar-refractivity contribution in [2.24, 2.45) is 0 Å². The van der Waals surface area contributed by atoms with Gasteiger partial charge in [-0.05, 0) is 65.2 Å². The number of rotatable bonds is 24. The van der Waals surface area contributed by atoms with Crippen molar-refractivity contribution >= 4 is 23.1 Å². The number of ketones is 4. The molecule has 50 heavy (non-hydrogen) atoms. The van der Waals surface area contributed by atoms with E-state index in [-0.39, 0.29) is 28.2 Å². The summed E-state index contributed by atoms with van der Waals surface area (Å²) in [6.45, 7) is 4.25. The lowest BCUT2D eigenvalue weighted by molar-refractivity contribution is -0.981. The fourth-order valence-electron chi connectivity index (χ4n) is 6.95. The summed E-state index contributed by atoms with van der Waals surface area (Å²) in [5, 5.41) is 0.251. The largest absolute Gasteiger partial charge is 0.477 e. The molecule has 0 unspecified atom stereocenters. The Kier molecular flexibility index (Phi) is 15.8. The van der Waals surface area contributed by atoms with Crippen molar-refractivity contribution in [3.8, 4) is 0 Å². The van der Waals surface area contributed by atoms with Crippen molar-refractivity contribution in [2.75, 3.05) is 13.2 Å². The van der Waals surface area contributed by atoms with E-state index in [2.05, 4.69) is 0 Å². The molecule has 2 aliphatic rings. The second kappa shape index (κ2) is 20.5. The summed E-state index contributed by atoms with van der Waals surface area (Å²) in [6.07, 6.45) is 17.7. The second-order valence-corrected chi connectivity index (χ2v) is 13.7. The molecule has 0 atom stereocenters. The second-order valence-electron chi connectivity index (χ2n) is 13.7. The van der Waals surface area contributed by atoms with E-state index >= 15 is 0 Å². The van der Waals surface area contributed by atoms with Gasteiger partial charge >= 0.3 is 5.09 Å². The summed E-state index contributed by atoms with van der Waals surface area (Å²) >= 11 is 0. The molecule has 2 aromatic carbocycles. The summed E-state index contributed by atoms with van der Waals surface area (Å²) in [5.74, 6) is -0.0376. The predicted molar refractivity (Wildman–Crippen MR) is 194 cm³/mol. The minimum atomic E-state index is -0.0232. The smallest absolute Gasteiger partial charge is 0.289 e. The van der Waals surface area contributed by atoms with E-state index < -0.39 is 0 Å². The van der Waals surface area contributed by atoms with Crippen LogP contribution in [0.4, 0.5) is 0 Å². The normalized spacial score (nSPS) is 14.3. The zero-order valence-electron chi connectivity index (χ0n) is 30.1. The van der Waals surface area contributed by atoms with Gasteiger partial charge in [0, 0.05) is 44.5 Å². The van der Waals surface area contributed by atoms with Crippen LogP contribution in [0.5, 0.6) is 0 Å². The molecule has 8 nitrogen and oxygen atoms in total. The first-order valence-corrected chi connectivity index (χ1v) is 18.8. The Morgan fingerprint density at radius 3 is 1.04 bits per heavy atom. The maximum atomic E-state index is 12.8. The van der Waals surface area contributed by atoms with Gasteiger partial charge in [0.05, 0.1) is 0 Å². The number of hydrogen-bond donors (Lipinski definition) is 0. The molecule has 0 fully saturated rings. The Bertz CT molecular complexity index is 1470. The molecular weight excluding hydrogens is 630 g/mol. The fraction of sp³-hybridized carbons (Fsp3) is 0.524. The topological polar surface area (TPSA) is 107 Å². The highest BCUT2D eigenvalue weighted by Crippen LogP contribution is 2.30. The van der Waals surface area contributed by atoms with Gasteiger partial charge in [0.2, 0.25) is 0 Å². The van der Waals surface area contributed by atoms with Crippen molar-refractivity contribution < 1.29 is 33.9 Å². The number of carbonyl (C=O) groups is 4. The minimum absolute atomic E-state index is 0.00439. The summed E-state index contributed by atoms with van der Waals surface area (Å²) in [6, 6.07) is 14.2. The first-order chi connectivity index (χ1) is 24.3. The van der Waals surface area contributed by atoms with Crippen LogP contribution in [0.1, 0.15) is 171 Å². The lowest BCUT2D eigenvalue weighted by Crippen LogP contribution is -2.20. The molecule has 8 heteroatoms. The Morgan fingerprint density at radius 2 is 0.700 bits per heavy atom. The van der Waals surface area contributed by atoms with Gasteiger partial charge < -0.3 is 0 Å². The summed E-state index contributed by atoms with van der Waals surface area (Å²) in [7, 11) is 0. The first kappa shape index (κ1) is 38.6. The molecule has 0 N–H and O–H groups in total. The zero-order valence-corrected chi connectivity index (χ0v) is 30.1. The maximum Gasteiger partial charge on any atom is 0.477 e. The highest BCUT2D eigenvalue weighted by Gasteiger charge is 2.30. The Morgan fingerprint density at radius 1 is 0.420 bits per heavy atom. The van der Waals surface area contributed by atoms with Crippen LogP contribution in [-0.4, -0.2) is 41.4 Å². The third-order valence-corrected chi connectivity index (χ3v) is 10.0. The van der Waals surface area contributed by atoms with E-state index in [0.717, 1.165) is 103 Å². The molecule has 268 valence electrons. The van der Waals surface area contributed by atoms with Crippen LogP contribution in [0.25, 0.3) is 0 Å². The molecular formula is C42H54NO7+. The Balaban J connectivity index is 0.900. The molecule has 0 amide bonds. The Hall–Kier alpha value is -4.20. The molecule has 0 heterocycles. The van der Waals surface area contributed by atoms with Crippen LogP contribution in [0.3, 0.4) is 0 Å². The van der Waals surface area contributed by atoms with E-state index in [1.807, 2.05) is 12.1 Å². The van der Waals surface area contributed by atoms with Gasteiger partial charge in [-0.3, -0.25) is 19.2 Å². The highest BCUT2D eigenvalue weighted by atomic mass is 17.0. The molecule has 0 saturated carbocycles. The van der Waals surface area contributed by atoms with Crippen molar-refractivity contribution in [1.29, 1.82) is 0 Å². The van der Waals surface area contributed by atoms with Crippen LogP contribution >= 0.6 is 0 Å². The minimum Gasteiger partial charge on any atom is -0.289 e. The average molecular weight is 685 g/mol. The third kappa shape index (κ3) is 10.9. The van der Waals surface area contributed by atoms with Crippen molar-refractivity contribution in [3.05, 3.63) is 98.0 Å². The van der Waals surface area contributed by atoms with E-state index in [4.69, 9.17) is 9.68 Å². The summed E-state index contributed by atoms with van der Waals surface area (Å²) in [5.41, 5.74) is 4.67. The fourth-order valence-corrected chi connectivity index (χ4v) is 6.95. The molecule has 2 aromatic rings. The van der Waals surface area contributed by atoms with Gasteiger partial charge in [0.1, 0.15) is 4.91 Å². The maximum absolute atomic E-state index is 12.8. The number of unbranched alkanes of at least 4 members (excludes halogenated alkanes) is 14. The predicted octanol–water partition coefficient (Wildman–Crippen LogP) is 10.4. The van der Waals surface area contributed by atoms with Gasteiger partial charge in [-0.2, -0.15) is 9.68 Å². The SMILES string of the molecule is CC1=C(CCCCCCCCCCO[N+](=O)OCCCCCCCCCCC2=C(C)C(=O)c3ccccc3C2=O)C(=O)c2ccccc2C1=O. The van der Waals surface area contributed by atoms with Gasteiger partial charge in [-0.25, -0.2) is 0 Å². The van der Waals surface area contributed by atoms with Crippen LogP contribution in [-0.2, 0) is 9.68 Å². The van der Waals surface area contributed by atoms with Crippen LogP contribution in [0, 0.1) is 4.91 Å². The molecule has 0 aromatic heterocycles. The zero-order chi connectivity index (χ0) is 35.7. The van der Waals surface area contributed by atoms with Gasteiger partial charge in [0.15, 0.2) is 36.3 Å². The number of fused-ring (bicyclic) bond motifs is 2. The van der Waals surface area contributed by atoms with E-state index in [1.54, 1.807) is 50.2 Å². The van der Waals surface area contributed by atoms with Gasteiger partial charge in [-0.1, -0.05) is 113 Å². The lowest BCUT2D eigenvalue weighted by Gasteiger charge is -2.18. The van der Waals surface area contributed by atoms with Crippen molar-refractivity contribution in [3.63, 3.8) is 0 Å². The summed E-state index contributed by atoms with van der Waals surface area (Å²) in [4.78, 5) is 73.0. The van der Waals surface area contributed by atoms with Crippen molar-refractivity contribution in [1.82, 2.24) is 0 Å². The quantitative estimate of drug-likeness (QED) is 0.0800. The van der Waals surface area contributed by atoms with Crippen LogP contribution < -0.4 is 0 Å².